The molecule has 1 amide bonds. The van der Waals surface area contributed by atoms with E-state index in [9.17, 15) is 4.79 Å². The molecule has 0 aliphatic rings. The van der Waals surface area contributed by atoms with Crippen molar-refractivity contribution in [1.82, 2.24) is 9.88 Å². The zero-order chi connectivity index (χ0) is 10.4. The smallest absolute Gasteiger partial charge is 0.265 e. The lowest BCUT2D eigenvalue weighted by molar-refractivity contribution is 0.0772. The molecule has 0 saturated heterocycles. The molecule has 0 saturated carbocycles. The van der Waals surface area contributed by atoms with Gasteiger partial charge >= 0.3 is 0 Å². The number of hydrogen-bond donors (Lipinski definition) is 0. The Balaban J connectivity index is 2.62. The van der Waals surface area contributed by atoms with Crippen LogP contribution in [0.1, 0.15) is 23.0 Å². The largest absolute Gasteiger partial charge is 0.337 e. The van der Waals surface area contributed by atoms with Crippen LogP contribution in [0, 0.1) is 11.3 Å². The Hall–Kier alpha value is -1.41. The van der Waals surface area contributed by atoms with Crippen LogP contribution in [0.4, 0.5) is 0 Å². The Morgan fingerprint density at radius 3 is 3.07 bits per heavy atom. The minimum atomic E-state index is -0.0368. The summed E-state index contributed by atoms with van der Waals surface area (Å²) in [6.07, 6.45) is 1.93. The number of thiazole rings is 1. The van der Waals surface area contributed by atoms with Crippen molar-refractivity contribution in [3.05, 3.63) is 16.6 Å². The molecular weight excluding hydrogens is 198 g/mol. The topological polar surface area (TPSA) is 57.0 Å². The van der Waals surface area contributed by atoms with Gasteiger partial charge in [-0.3, -0.25) is 9.78 Å². The average Bonchev–Trinajstić information content (AvgIpc) is 2.71. The van der Waals surface area contributed by atoms with Crippen LogP contribution in [0.2, 0.25) is 0 Å². The van der Waals surface area contributed by atoms with E-state index in [4.69, 9.17) is 5.26 Å². The summed E-state index contributed by atoms with van der Waals surface area (Å²) in [7, 11) is 0. The van der Waals surface area contributed by atoms with E-state index in [1.807, 2.05) is 13.0 Å². The van der Waals surface area contributed by atoms with Gasteiger partial charge in [-0.05, 0) is 6.92 Å². The summed E-state index contributed by atoms with van der Waals surface area (Å²) in [5.74, 6) is -0.0368. The van der Waals surface area contributed by atoms with Crippen LogP contribution in [0.5, 0.6) is 0 Å². The summed E-state index contributed by atoms with van der Waals surface area (Å²) in [6, 6.07) is 2.03. The van der Waals surface area contributed by atoms with Crippen molar-refractivity contribution in [2.45, 2.75) is 13.3 Å². The third-order valence-electron chi connectivity index (χ3n) is 1.81. The summed E-state index contributed by atoms with van der Waals surface area (Å²) in [5.41, 5.74) is 1.63. The van der Waals surface area contributed by atoms with Gasteiger partial charge in [-0.25, -0.2) is 0 Å². The molecule has 74 valence electrons. The van der Waals surface area contributed by atoms with Gasteiger partial charge in [0.1, 0.15) is 4.88 Å². The molecule has 1 rings (SSSR count). The molecule has 5 heteroatoms. The molecule has 4 nitrogen and oxygen atoms in total. The molecule has 0 fully saturated rings. The quantitative estimate of drug-likeness (QED) is 0.755. The van der Waals surface area contributed by atoms with Crippen molar-refractivity contribution in [3.63, 3.8) is 0 Å². The number of aromatic nitrogens is 1. The second-order valence-electron chi connectivity index (χ2n) is 2.66. The number of amides is 1. The Morgan fingerprint density at radius 2 is 2.57 bits per heavy atom. The average molecular weight is 209 g/mol. The second kappa shape index (κ2) is 5.35. The molecule has 14 heavy (non-hydrogen) atoms. The maximum absolute atomic E-state index is 11.7. The first-order valence-corrected chi connectivity index (χ1v) is 5.22. The first-order chi connectivity index (χ1) is 6.79. The Bertz CT molecular complexity index is 328. The van der Waals surface area contributed by atoms with E-state index >= 15 is 0 Å². The molecular formula is C9H11N3OS. The van der Waals surface area contributed by atoms with Crippen LogP contribution in [-0.4, -0.2) is 28.9 Å². The van der Waals surface area contributed by atoms with Crippen molar-refractivity contribution in [3.8, 4) is 6.07 Å². The minimum Gasteiger partial charge on any atom is -0.337 e. The van der Waals surface area contributed by atoms with E-state index in [2.05, 4.69) is 4.98 Å². The normalized spacial score (nSPS) is 9.43. The summed E-state index contributed by atoms with van der Waals surface area (Å²) in [5, 5.41) is 8.43. The molecule has 1 heterocycles. The number of nitrogens with zero attached hydrogens (tertiary/aromatic N) is 3. The molecule has 0 atom stereocenters. The van der Waals surface area contributed by atoms with E-state index in [0.29, 0.717) is 24.4 Å². The Labute approximate surface area is 86.8 Å². The van der Waals surface area contributed by atoms with Gasteiger partial charge in [0.05, 0.1) is 24.2 Å². The Kier molecular flexibility index (Phi) is 4.08. The summed E-state index contributed by atoms with van der Waals surface area (Å²) in [6.45, 7) is 3.01. The number of carbonyl (C=O) groups excluding carboxylic acids is 1. The molecule has 0 bridgehead atoms. The molecule has 1 aromatic rings. The first-order valence-electron chi connectivity index (χ1n) is 4.34. The van der Waals surface area contributed by atoms with Crippen molar-refractivity contribution in [2.75, 3.05) is 13.1 Å². The maximum atomic E-state index is 11.7. The Morgan fingerprint density at radius 1 is 1.79 bits per heavy atom. The highest BCUT2D eigenvalue weighted by molar-refractivity contribution is 7.11. The fraction of sp³-hybridized carbons (Fsp3) is 0.444. The number of rotatable bonds is 4. The summed E-state index contributed by atoms with van der Waals surface area (Å²) < 4.78 is 0. The summed E-state index contributed by atoms with van der Waals surface area (Å²) in [4.78, 5) is 17.9. The van der Waals surface area contributed by atoms with Crippen molar-refractivity contribution >= 4 is 17.2 Å². The molecule has 0 aromatic carbocycles. The molecule has 1 aromatic heterocycles. The van der Waals surface area contributed by atoms with E-state index in [1.54, 1.807) is 16.6 Å². The zero-order valence-corrected chi connectivity index (χ0v) is 8.75. The monoisotopic (exact) mass is 209 g/mol. The van der Waals surface area contributed by atoms with Crippen molar-refractivity contribution in [2.24, 2.45) is 0 Å². The molecule has 0 radical (unpaired) electrons. The van der Waals surface area contributed by atoms with Crippen LogP contribution in [0.15, 0.2) is 11.7 Å². The van der Waals surface area contributed by atoms with Crippen molar-refractivity contribution in [1.29, 1.82) is 5.26 Å². The molecule has 0 spiro atoms. The predicted molar refractivity (Wildman–Crippen MR) is 53.9 cm³/mol. The standard InChI is InChI=1S/C9H11N3OS/c1-2-12(5-3-4-10)9(13)8-6-11-7-14-8/h6-7H,2-3,5H2,1H3. The van der Waals surface area contributed by atoms with Gasteiger partial charge in [0.15, 0.2) is 0 Å². The fourth-order valence-electron chi connectivity index (χ4n) is 1.07. The number of hydrogen-bond acceptors (Lipinski definition) is 4. The summed E-state index contributed by atoms with van der Waals surface area (Å²) >= 11 is 1.32. The van der Waals surface area contributed by atoms with E-state index in [-0.39, 0.29) is 5.91 Å². The third-order valence-corrected chi connectivity index (χ3v) is 2.57. The third kappa shape index (κ3) is 2.54. The van der Waals surface area contributed by atoms with Crippen LogP contribution in [0.25, 0.3) is 0 Å². The van der Waals surface area contributed by atoms with Crippen LogP contribution >= 0.6 is 11.3 Å². The van der Waals surface area contributed by atoms with Gasteiger partial charge in [0.2, 0.25) is 0 Å². The fourth-order valence-corrected chi connectivity index (χ4v) is 1.65. The highest BCUT2D eigenvalue weighted by Crippen LogP contribution is 2.09. The van der Waals surface area contributed by atoms with Crippen LogP contribution in [0.3, 0.4) is 0 Å². The molecule has 0 unspecified atom stereocenters. The van der Waals surface area contributed by atoms with Crippen LogP contribution in [-0.2, 0) is 0 Å². The van der Waals surface area contributed by atoms with E-state index in [0.717, 1.165) is 0 Å². The highest BCUT2D eigenvalue weighted by atomic mass is 32.1. The zero-order valence-electron chi connectivity index (χ0n) is 7.93. The second-order valence-corrected chi connectivity index (χ2v) is 3.54. The lowest BCUT2D eigenvalue weighted by Crippen LogP contribution is -2.31. The van der Waals surface area contributed by atoms with E-state index < -0.39 is 0 Å². The molecule has 0 N–H and O–H groups in total. The van der Waals surface area contributed by atoms with Gasteiger partial charge in [0, 0.05) is 13.1 Å². The SMILES string of the molecule is CCN(CCC#N)C(=O)c1cncs1. The van der Waals surface area contributed by atoms with E-state index in [1.165, 1.54) is 11.3 Å². The first kappa shape index (κ1) is 10.7. The maximum Gasteiger partial charge on any atom is 0.265 e. The lowest BCUT2D eigenvalue weighted by Gasteiger charge is -2.17. The predicted octanol–water partition coefficient (Wildman–Crippen LogP) is 1.52. The van der Waals surface area contributed by atoms with Gasteiger partial charge in [-0.1, -0.05) is 0 Å². The highest BCUT2D eigenvalue weighted by Gasteiger charge is 2.14. The van der Waals surface area contributed by atoms with Gasteiger partial charge < -0.3 is 4.90 Å². The van der Waals surface area contributed by atoms with Crippen molar-refractivity contribution < 1.29 is 4.79 Å². The number of carbonyl (C=O) groups is 1. The van der Waals surface area contributed by atoms with Gasteiger partial charge in [-0.2, -0.15) is 5.26 Å². The van der Waals surface area contributed by atoms with Crippen LogP contribution < -0.4 is 0 Å². The van der Waals surface area contributed by atoms with Gasteiger partial charge in [0.25, 0.3) is 5.91 Å². The lowest BCUT2D eigenvalue weighted by atomic mass is 10.3. The number of nitriles is 1. The van der Waals surface area contributed by atoms with Gasteiger partial charge in [-0.15, -0.1) is 11.3 Å². The molecule has 0 aliphatic heterocycles. The molecule has 0 aliphatic carbocycles. The minimum absolute atomic E-state index is 0.0368.